The summed E-state index contributed by atoms with van der Waals surface area (Å²) in [5.41, 5.74) is 6.33. The van der Waals surface area contributed by atoms with Gasteiger partial charge >= 0.3 is 0 Å². The van der Waals surface area contributed by atoms with E-state index in [0.717, 1.165) is 5.57 Å². The molecule has 1 aromatic carbocycles. The lowest BCUT2D eigenvalue weighted by Crippen LogP contribution is -2.08. The van der Waals surface area contributed by atoms with Crippen molar-refractivity contribution in [1.82, 2.24) is 0 Å². The molecule has 0 atom stereocenters. The standard InChI is InChI=1S/C14H17N/c1-5-12(2)13(3)11-15(4)14-9-7-6-8-10-14/h6-11H,1H2,2-4H3/b13-11-. The molecular weight excluding hydrogens is 182 g/mol. The van der Waals surface area contributed by atoms with Crippen LogP contribution in [0.25, 0.3) is 0 Å². The third-order valence-electron chi connectivity index (χ3n) is 2.41. The van der Waals surface area contributed by atoms with Gasteiger partial charge in [0.05, 0.1) is 0 Å². The summed E-state index contributed by atoms with van der Waals surface area (Å²) < 4.78 is 0. The second-order valence-corrected chi connectivity index (χ2v) is 3.56. The topological polar surface area (TPSA) is 3.24 Å². The second kappa shape index (κ2) is 5.23. The molecule has 15 heavy (non-hydrogen) atoms. The average Bonchev–Trinajstić information content (AvgIpc) is 2.29. The molecular formula is C14H17N. The van der Waals surface area contributed by atoms with Crippen LogP contribution in [-0.4, -0.2) is 7.05 Å². The molecule has 0 bridgehead atoms. The summed E-state index contributed by atoms with van der Waals surface area (Å²) in [6.45, 7) is 7.71. The number of hydrogen-bond donors (Lipinski definition) is 0. The van der Waals surface area contributed by atoms with Crippen molar-refractivity contribution in [2.45, 2.75) is 13.8 Å². The maximum Gasteiger partial charge on any atom is 0.0403 e. The van der Waals surface area contributed by atoms with Crippen molar-refractivity contribution in [3.05, 3.63) is 60.0 Å². The summed E-state index contributed by atoms with van der Waals surface area (Å²) in [6.07, 6.45) is 2.09. The first-order valence-electron chi connectivity index (χ1n) is 4.98. The molecule has 0 spiro atoms. The molecule has 0 N–H and O–H groups in total. The lowest BCUT2D eigenvalue weighted by Gasteiger charge is -2.15. The van der Waals surface area contributed by atoms with Crippen LogP contribution in [0.5, 0.6) is 0 Å². The van der Waals surface area contributed by atoms with Gasteiger partial charge in [-0.15, -0.1) is 5.73 Å². The summed E-state index contributed by atoms with van der Waals surface area (Å²) in [5, 5.41) is 0. The van der Waals surface area contributed by atoms with Crippen LogP contribution in [0.15, 0.2) is 60.0 Å². The van der Waals surface area contributed by atoms with Gasteiger partial charge < -0.3 is 4.90 Å². The number of allylic oxidation sites excluding steroid dienone is 2. The van der Waals surface area contributed by atoms with E-state index in [-0.39, 0.29) is 0 Å². The second-order valence-electron chi connectivity index (χ2n) is 3.56. The Kier molecular flexibility index (Phi) is 3.96. The number of nitrogens with zero attached hydrogens (tertiary/aromatic N) is 1. The molecule has 1 heteroatoms. The van der Waals surface area contributed by atoms with E-state index < -0.39 is 0 Å². The van der Waals surface area contributed by atoms with Crippen LogP contribution in [0, 0.1) is 0 Å². The Morgan fingerprint density at radius 3 is 2.40 bits per heavy atom. The van der Waals surface area contributed by atoms with E-state index >= 15 is 0 Å². The number of rotatable bonds is 3. The van der Waals surface area contributed by atoms with Crippen molar-refractivity contribution in [3.63, 3.8) is 0 Å². The molecule has 0 aliphatic carbocycles. The number of anilines is 1. The summed E-state index contributed by atoms with van der Waals surface area (Å²) in [7, 11) is 2.04. The van der Waals surface area contributed by atoms with Crippen molar-refractivity contribution in [2.24, 2.45) is 0 Å². The van der Waals surface area contributed by atoms with Gasteiger partial charge in [-0.1, -0.05) is 24.8 Å². The van der Waals surface area contributed by atoms with E-state index in [1.807, 2.05) is 32.2 Å². The average molecular weight is 199 g/mol. The zero-order valence-electron chi connectivity index (χ0n) is 9.62. The van der Waals surface area contributed by atoms with E-state index in [4.69, 9.17) is 0 Å². The molecule has 1 nitrogen and oxygen atoms in total. The molecule has 0 saturated carbocycles. The molecule has 78 valence electrons. The highest BCUT2D eigenvalue weighted by Crippen LogP contribution is 2.14. The van der Waals surface area contributed by atoms with Gasteiger partial charge in [0, 0.05) is 18.9 Å². The molecule has 1 rings (SSSR count). The lowest BCUT2D eigenvalue weighted by molar-refractivity contribution is 1.16. The quantitative estimate of drug-likeness (QED) is 0.529. The van der Waals surface area contributed by atoms with Crippen molar-refractivity contribution < 1.29 is 0 Å². The Morgan fingerprint density at radius 2 is 1.87 bits per heavy atom. The van der Waals surface area contributed by atoms with Crippen LogP contribution in [0.3, 0.4) is 0 Å². The van der Waals surface area contributed by atoms with Crippen LogP contribution in [0.1, 0.15) is 13.8 Å². The van der Waals surface area contributed by atoms with Crippen molar-refractivity contribution in [2.75, 3.05) is 11.9 Å². The van der Waals surface area contributed by atoms with E-state index in [1.54, 1.807) is 0 Å². The molecule has 0 heterocycles. The molecule has 0 aromatic heterocycles. The minimum atomic E-state index is 1.08. The van der Waals surface area contributed by atoms with Crippen molar-refractivity contribution in [3.8, 4) is 0 Å². The Morgan fingerprint density at radius 1 is 1.27 bits per heavy atom. The SMILES string of the molecule is C=C=C(C)/C(C)=C\N(C)c1ccccc1. The normalized spacial score (nSPS) is 10.7. The van der Waals surface area contributed by atoms with Gasteiger partial charge in [-0.3, -0.25) is 0 Å². The van der Waals surface area contributed by atoms with E-state index in [1.165, 1.54) is 11.3 Å². The summed E-state index contributed by atoms with van der Waals surface area (Å²) in [5.74, 6) is 0. The Bertz CT molecular complexity index is 395. The third kappa shape index (κ3) is 3.16. The molecule has 0 radical (unpaired) electrons. The fourth-order valence-electron chi connectivity index (χ4n) is 1.26. The molecule has 0 saturated heterocycles. The highest BCUT2D eigenvalue weighted by atomic mass is 15.1. The largest absolute Gasteiger partial charge is 0.351 e. The summed E-state index contributed by atoms with van der Waals surface area (Å²) >= 11 is 0. The smallest absolute Gasteiger partial charge is 0.0403 e. The van der Waals surface area contributed by atoms with Crippen molar-refractivity contribution >= 4 is 5.69 Å². The summed E-state index contributed by atoms with van der Waals surface area (Å²) in [4.78, 5) is 2.09. The molecule has 0 aliphatic rings. The predicted octanol–water partition coefficient (Wildman–Crippen LogP) is 3.76. The highest BCUT2D eigenvalue weighted by Gasteiger charge is 1.97. The van der Waals surface area contributed by atoms with Crippen LogP contribution in [0.4, 0.5) is 5.69 Å². The minimum Gasteiger partial charge on any atom is -0.351 e. The van der Waals surface area contributed by atoms with Crippen LogP contribution >= 0.6 is 0 Å². The van der Waals surface area contributed by atoms with Gasteiger partial charge in [0.2, 0.25) is 0 Å². The van der Waals surface area contributed by atoms with E-state index in [0.29, 0.717) is 0 Å². The van der Waals surface area contributed by atoms with Crippen molar-refractivity contribution in [1.29, 1.82) is 0 Å². The van der Waals surface area contributed by atoms with Crippen LogP contribution in [0.2, 0.25) is 0 Å². The van der Waals surface area contributed by atoms with Crippen LogP contribution in [-0.2, 0) is 0 Å². The number of benzene rings is 1. The molecule has 0 fully saturated rings. The maximum absolute atomic E-state index is 3.64. The van der Waals surface area contributed by atoms with Gasteiger partial charge in [-0.2, -0.15) is 0 Å². The first-order valence-corrected chi connectivity index (χ1v) is 4.98. The van der Waals surface area contributed by atoms with Gasteiger partial charge in [0.1, 0.15) is 0 Å². The molecule has 1 aromatic rings. The third-order valence-corrected chi connectivity index (χ3v) is 2.41. The Labute approximate surface area is 92.0 Å². The van der Waals surface area contributed by atoms with Gasteiger partial charge in [-0.05, 0) is 37.1 Å². The van der Waals surface area contributed by atoms with Gasteiger partial charge in [0.25, 0.3) is 0 Å². The van der Waals surface area contributed by atoms with Crippen LogP contribution < -0.4 is 4.90 Å². The first-order chi connectivity index (χ1) is 7.15. The molecule has 0 aliphatic heterocycles. The highest BCUT2D eigenvalue weighted by molar-refractivity contribution is 5.49. The minimum absolute atomic E-state index is 1.08. The lowest BCUT2D eigenvalue weighted by atomic mass is 10.1. The zero-order chi connectivity index (χ0) is 11.3. The molecule has 0 unspecified atom stereocenters. The predicted molar refractivity (Wildman–Crippen MR) is 66.9 cm³/mol. The number of hydrogen-bond acceptors (Lipinski definition) is 1. The Hall–Kier alpha value is -1.72. The van der Waals surface area contributed by atoms with E-state index in [2.05, 4.69) is 42.5 Å². The first kappa shape index (κ1) is 11.4. The van der Waals surface area contributed by atoms with Gasteiger partial charge in [0.15, 0.2) is 0 Å². The van der Waals surface area contributed by atoms with E-state index in [9.17, 15) is 0 Å². The molecule has 0 amide bonds. The summed E-state index contributed by atoms with van der Waals surface area (Å²) in [6, 6.07) is 10.2. The fourth-order valence-corrected chi connectivity index (χ4v) is 1.26. The monoisotopic (exact) mass is 199 g/mol. The maximum atomic E-state index is 3.64. The zero-order valence-corrected chi connectivity index (χ0v) is 9.62. The Balaban J connectivity index is 2.88. The van der Waals surface area contributed by atoms with Gasteiger partial charge in [-0.25, -0.2) is 0 Å². The fraction of sp³-hybridized carbons (Fsp3) is 0.214. The number of para-hydroxylation sites is 1.